The highest BCUT2D eigenvalue weighted by Gasteiger charge is 2.30. The summed E-state index contributed by atoms with van der Waals surface area (Å²) >= 11 is 0. The number of carbonyl (C=O) groups is 1. The van der Waals surface area contributed by atoms with Crippen molar-refractivity contribution in [2.75, 3.05) is 6.54 Å². The number of rotatable bonds is 3. The van der Waals surface area contributed by atoms with Crippen molar-refractivity contribution in [2.24, 2.45) is 7.05 Å². The number of amides is 1. The number of fused-ring (bicyclic) bond motifs is 2. The van der Waals surface area contributed by atoms with E-state index in [0.29, 0.717) is 18.8 Å². The van der Waals surface area contributed by atoms with E-state index in [1.807, 2.05) is 58.5 Å². The second-order valence-electron chi connectivity index (χ2n) is 7.20. The molecule has 29 heavy (non-hydrogen) atoms. The molecule has 8 nitrogen and oxygen atoms in total. The van der Waals surface area contributed by atoms with E-state index in [1.54, 1.807) is 12.5 Å². The van der Waals surface area contributed by atoms with Crippen LogP contribution in [0.4, 0.5) is 0 Å². The predicted octanol–water partition coefficient (Wildman–Crippen LogP) is 2.45. The molecule has 0 bridgehead atoms. The Bertz CT molecular complexity index is 1220. The lowest BCUT2D eigenvalue weighted by Crippen LogP contribution is -2.37. The summed E-state index contributed by atoms with van der Waals surface area (Å²) in [6.07, 6.45) is 4.15. The van der Waals surface area contributed by atoms with Crippen LogP contribution in [-0.2, 0) is 26.6 Å². The van der Waals surface area contributed by atoms with Crippen molar-refractivity contribution in [3.8, 4) is 11.5 Å². The monoisotopic (exact) mass is 387 g/mol. The minimum atomic E-state index is -0.0563. The molecule has 0 aliphatic carbocycles. The van der Waals surface area contributed by atoms with Crippen LogP contribution < -0.4 is 0 Å². The molecule has 1 amide bonds. The average molecular weight is 387 g/mol. The Morgan fingerprint density at radius 1 is 1.21 bits per heavy atom. The van der Waals surface area contributed by atoms with Gasteiger partial charge in [0.15, 0.2) is 5.82 Å². The Kier molecular flexibility index (Phi) is 4.12. The van der Waals surface area contributed by atoms with Gasteiger partial charge in [0.25, 0.3) is 5.91 Å². The number of hydrogen-bond donors (Lipinski definition) is 0. The zero-order valence-electron chi connectivity index (χ0n) is 16.4. The Balaban J connectivity index is 1.53. The van der Waals surface area contributed by atoms with Gasteiger partial charge in [0.1, 0.15) is 17.7 Å². The van der Waals surface area contributed by atoms with Crippen LogP contribution in [-0.4, -0.2) is 46.9 Å². The smallest absolute Gasteiger partial charge is 0.273 e. The molecule has 5 rings (SSSR count). The van der Waals surface area contributed by atoms with Crippen molar-refractivity contribution < 1.29 is 4.79 Å². The molecule has 0 radical (unpaired) electrons. The minimum absolute atomic E-state index is 0.0563. The fourth-order valence-electron chi connectivity index (χ4n) is 4.05. The van der Waals surface area contributed by atoms with Crippen LogP contribution in [0.15, 0.2) is 42.9 Å². The van der Waals surface area contributed by atoms with E-state index in [9.17, 15) is 4.79 Å². The zero-order chi connectivity index (χ0) is 20.0. The summed E-state index contributed by atoms with van der Waals surface area (Å²) in [6.45, 7) is 3.93. The van der Waals surface area contributed by atoms with Crippen molar-refractivity contribution in [3.05, 3.63) is 59.8 Å². The molecule has 0 fully saturated rings. The third-order valence-corrected chi connectivity index (χ3v) is 5.57. The molecule has 1 aromatic carbocycles. The third kappa shape index (κ3) is 2.79. The van der Waals surface area contributed by atoms with E-state index < -0.39 is 0 Å². The summed E-state index contributed by atoms with van der Waals surface area (Å²) in [7, 11) is 1.94. The largest absolute Gasteiger partial charge is 0.332 e. The number of pyridine rings is 1. The molecule has 0 saturated carbocycles. The van der Waals surface area contributed by atoms with Gasteiger partial charge in [0.2, 0.25) is 0 Å². The third-order valence-electron chi connectivity index (χ3n) is 5.57. The van der Waals surface area contributed by atoms with Crippen molar-refractivity contribution in [1.82, 2.24) is 34.4 Å². The second-order valence-corrected chi connectivity index (χ2v) is 7.20. The number of aryl methyl sites for hydroxylation is 2. The summed E-state index contributed by atoms with van der Waals surface area (Å²) in [4.78, 5) is 19.6. The average Bonchev–Trinajstić information content (AvgIpc) is 3.36. The van der Waals surface area contributed by atoms with Crippen molar-refractivity contribution in [3.63, 3.8) is 0 Å². The summed E-state index contributed by atoms with van der Waals surface area (Å²) in [6, 6.07) is 9.78. The number of carbonyl (C=O) groups excluding carboxylic acids is 1. The molecule has 3 aromatic heterocycles. The van der Waals surface area contributed by atoms with Gasteiger partial charge in [-0.3, -0.25) is 14.5 Å². The van der Waals surface area contributed by atoms with E-state index in [-0.39, 0.29) is 5.91 Å². The fourth-order valence-corrected chi connectivity index (χ4v) is 4.05. The summed E-state index contributed by atoms with van der Waals surface area (Å²) in [5.41, 5.74) is 3.47. The van der Waals surface area contributed by atoms with E-state index in [2.05, 4.69) is 15.2 Å². The highest BCUT2D eigenvalue weighted by Crippen LogP contribution is 2.30. The summed E-state index contributed by atoms with van der Waals surface area (Å²) in [5, 5.41) is 14.9. The first-order valence-electron chi connectivity index (χ1n) is 9.73. The van der Waals surface area contributed by atoms with Gasteiger partial charge in [-0.05, 0) is 18.4 Å². The number of benzene rings is 1. The first-order chi connectivity index (χ1) is 14.2. The van der Waals surface area contributed by atoms with Gasteiger partial charge >= 0.3 is 0 Å². The normalized spacial score (nSPS) is 13.7. The van der Waals surface area contributed by atoms with Gasteiger partial charge in [-0.25, -0.2) is 0 Å². The van der Waals surface area contributed by atoms with Gasteiger partial charge in [0, 0.05) is 49.4 Å². The fraction of sp³-hybridized carbons (Fsp3) is 0.286. The van der Waals surface area contributed by atoms with E-state index in [0.717, 1.165) is 46.5 Å². The number of nitrogens with zero attached hydrogens (tertiary/aromatic N) is 7. The lowest BCUT2D eigenvalue weighted by molar-refractivity contribution is 0.0730. The SMILES string of the molecule is CCn1cnnc1-c1nn(C)c2c1CN(C(=O)c1nccc3ccccc13)CC2. The molecule has 0 atom stereocenters. The van der Waals surface area contributed by atoms with E-state index in [1.165, 1.54) is 0 Å². The summed E-state index contributed by atoms with van der Waals surface area (Å²) in [5.74, 6) is 0.682. The van der Waals surface area contributed by atoms with Crippen LogP contribution in [0.5, 0.6) is 0 Å². The maximum Gasteiger partial charge on any atom is 0.273 e. The molecule has 4 aromatic rings. The first-order valence-corrected chi connectivity index (χ1v) is 9.73. The second kappa shape index (κ2) is 6.80. The van der Waals surface area contributed by atoms with Crippen molar-refractivity contribution >= 4 is 16.7 Å². The highest BCUT2D eigenvalue weighted by molar-refractivity contribution is 6.05. The maximum atomic E-state index is 13.4. The van der Waals surface area contributed by atoms with Gasteiger partial charge in [-0.15, -0.1) is 10.2 Å². The molecule has 0 saturated heterocycles. The van der Waals surface area contributed by atoms with Gasteiger partial charge < -0.3 is 9.47 Å². The van der Waals surface area contributed by atoms with Crippen LogP contribution in [0, 0.1) is 0 Å². The van der Waals surface area contributed by atoms with Crippen molar-refractivity contribution in [2.45, 2.75) is 26.4 Å². The Labute approximate surface area is 167 Å². The molecular formula is C21H21N7O. The number of aromatic nitrogens is 6. The quantitative estimate of drug-likeness (QED) is 0.539. The van der Waals surface area contributed by atoms with Crippen LogP contribution in [0.25, 0.3) is 22.3 Å². The number of hydrogen-bond acceptors (Lipinski definition) is 5. The first kappa shape index (κ1) is 17.5. The Morgan fingerprint density at radius 2 is 2.07 bits per heavy atom. The molecule has 4 heterocycles. The molecule has 0 unspecified atom stereocenters. The summed E-state index contributed by atoms with van der Waals surface area (Å²) < 4.78 is 3.87. The maximum absolute atomic E-state index is 13.4. The Morgan fingerprint density at radius 3 is 2.93 bits per heavy atom. The van der Waals surface area contributed by atoms with Crippen molar-refractivity contribution in [1.29, 1.82) is 0 Å². The van der Waals surface area contributed by atoms with Gasteiger partial charge in [0.05, 0.1) is 6.54 Å². The molecule has 1 aliphatic rings. The van der Waals surface area contributed by atoms with Crippen LogP contribution >= 0.6 is 0 Å². The van der Waals surface area contributed by atoms with Gasteiger partial charge in [-0.1, -0.05) is 24.3 Å². The lowest BCUT2D eigenvalue weighted by Gasteiger charge is -2.27. The zero-order valence-corrected chi connectivity index (χ0v) is 16.4. The predicted molar refractivity (Wildman–Crippen MR) is 108 cm³/mol. The Hall–Kier alpha value is -3.55. The minimum Gasteiger partial charge on any atom is -0.332 e. The van der Waals surface area contributed by atoms with Crippen LogP contribution in [0.2, 0.25) is 0 Å². The molecule has 0 spiro atoms. The lowest BCUT2D eigenvalue weighted by atomic mass is 10.0. The molecule has 0 N–H and O–H groups in total. The van der Waals surface area contributed by atoms with E-state index >= 15 is 0 Å². The van der Waals surface area contributed by atoms with Crippen LogP contribution in [0.1, 0.15) is 28.7 Å². The molecule has 1 aliphatic heterocycles. The molecule has 8 heteroatoms. The van der Waals surface area contributed by atoms with Gasteiger partial charge in [-0.2, -0.15) is 5.10 Å². The standard InChI is InChI=1S/C21H21N7O/c1-3-27-13-23-24-20(27)18-16-12-28(11-9-17(16)26(2)25-18)21(29)19-15-7-5-4-6-14(15)8-10-22-19/h4-8,10,13H,3,9,11-12H2,1-2H3. The highest BCUT2D eigenvalue weighted by atomic mass is 16.2. The molecule has 146 valence electrons. The van der Waals surface area contributed by atoms with Crippen LogP contribution in [0.3, 0.4) is 0 Å². The topological polar surface area (TPSA) is 81.7 Å². The molecular weight excluding hydrogens is 366 g/mol. The van der Waals surface area contributed by atoms with E-state index in [4.69, 9.17) is 5.10 Å².